The Bertz CT molecular complexity index is 1030. The molecule has 0 radical (unpaired) electrons. The molecule has 2 aromatic rings. The summed E-state index contributed by atoms with van der Waals surface area (Å²) in [6.07, 6.45) is -10.2. The number of carboxylic acids is 2. The smallest absolute Gasteiger partial charge is 0.475 e. The molecule has 39 heavy (non-hydrogen) atoms. The van der Waals surface area contributed by atoms with Crippen molar-refractivity contribution >= 4 is 11.9 Å². The summed E-state index contributed by atoms with van der Waals surface area (Å²) in [6, 6.07) is 6.69. The Hall–Kier alpha value is -3.31. The largest absolute Gasteiger partial charge is 0.490 e. The third-order valence-corrected chi connectivity index (χ3v) is 4.99. The monoisotopic (exact) mass is 575 g/mol. The number of hydrogen-bond donors (Lipinski definition) is 2. The Morgan fingerprint density at radius 2 is 1.56 bits per heavy atom. The van der Waals surface area contributed by atoms with Crippen molar-refractivity contribution < 1.29 is 55.3 Å². The SMILES string of the molecule is CN(C)CCOCC1CN(Cc2ccc(F)cc2)Cc2nnn(C)c21.O=C(O)C(F)(F)F.O=C(O)C(F)(F)F. The lowest BCUT2D eigenvalue weighted by Gasteiger charge is -2.32. The predicted molar refractivity (Wildman–Crippen MR) is 121 cm³/mol. The van der Waals surface area contributed by atoms with Crippen molar-refractivity contribution in [1.82, 2.24) is 24.8 Å². The van der Waals surface area contributed by atoms with Crippen molar-refractivity contribution in [2.24, 2.45) is 7.05 Å². The number of likely N-dealkylation sites (N-methyl/N-ethyl adjacent to an activating group) is 1. The summed E-state index contributed by atoms with van der Waals surface area (Å²) in [6.45, 7) is 4.68. The summed E-state index contributed by atoms with van der Waals surface area (Å²) in [4.78, 5) is 22.2. The number of ether oxygens (including phenoxy) is 1. The molecule has 0 bridgehead atoms. The van der Waals surface area contributed by atoms with Crippen molar-refractivity contribution in [3.8, 4) is 0 Å². The maximum atomic E-state index is 13.1. The molecule has 10 nitrogen and oxygen atoms in total. The van der Waals surface area contributed by atoms with Gasteiger partial charge in [0.15, 0.2) is 0 Å². The lowest BCUT2D eigenvalue weighted by Crippen LogP contribution is -2.36. The number of rotatable bonds is 7. The van der Waals surface area contributed by atoms with Crippen LogP contribution in [0.2, 0.25) is 0 Å². The standard InChI is InChI=1S/C18H26FN5O.2C2HF3O2/c1-22(2)8-9-25-13-15-11-24(10-14-4-6-16(19)7-5-14)12-17-18(15)23(3)21-20-17;2*3-2(4,5)1(6)7/h4-7,15H,8-13H2,1-3H3;2*(H,6,7). The first-order valence-corrected chi connectivity index (χ1v) is 11.1. The summed E-state index contributed by atoms with van der Waals surface area (Å²) in [5.41, 5.74) is 3.28. The van der Waals surface area contributed by atoms with Crippen molar-refractivity contribution in [2.45, 2.75) is 31.4 Å². The van der Waals surface area contributed by atoms with E-state index >= 15 is 0 Å². The molecule has 0 amide bonds. The number of alkyl halides is 6. The molecule has 0 saturated carbocycles. The van der Waals surface area contributed by atoms with E-state index in [-0.39, 0.29) is 11.7 Å². The number of carboxylic acid groups (broad SMARTS) is 2. The molecule has 1 aliphatic heterocycles. The number of aryl methyl sites for hydroxylation is 1. The fraction of sp³-hybridized carbons (Fsp3) is 0.545. The fourth-order valence-corrected chi connectivity index (χ4v) is 3.27. The molecule has 0 fully saturated rings. The van der Waals surface area contributed by atoms with Gasteiger partial charge in [0.25, 0.3) is 0 Å². The van der Waals surface area contributed by atoms with Gasteiger partial charge in [-0.3, -0.25) is 9.58 Å². The summed E-state index contributed by atoms with van der Waals surface area (Å²) in [5.74, 6) is -5.47. The molecule has 1 atom stereocenters. The van der Waals surface area contributed by atoms with Crippen LogP contribution in [-0.2, 0) is 34.5 Å². The molecule has 1 unspecified atom stereocenters. The van der Waals surface area contributed by atoms with Crippen LogP contribution in [-0.4, -0.2) is 99.7 Å². The number of aromatic nitrogens is 3. The van der Waals surface area contributed by atoms with Crippen LogP contribution < -0.4 is 0 Å². The van der Waals surface area contributed by atoms with E-state index in [0.717, 1.165) is 37.4 Å². The van der Waals surface area contributed by atoms with E-state index in [9.17, 15) is 30.7 Å². The van der Waals surface area contributed by atoms with Gasteiger partial charge in [0.2, 0.25) is 0 Å². The normalized spacial score (nSPS) is 15.5. The minimum atomic E-state index is -5.08. The van der Waals surface area contributed by atoms with Crippen LogP contribution in [0.25, 0.3) is 0 Å². The Balaban J connectivity index is 0.000000449. The molecule has 1 aliphatic rings. The van der Waals surface area contributed by atoms with Gasteiger partial charge in [-0.05, 0) is 31.8 Å². The predicted octanol–water partition coefficient (Wildman–Crippen LogP) is 2.90. The molecule has 1 aromatic carbocycles. The topological polar surface area (TPSA) is 121 Å². The number of hydrogen-bond acceptors (Lipinski definition) is 7. The summed E-state index contributed by atoms with van der Waals surface area (Å²) in [7, 11) is 6.02. The molecule has 1 aromatic heterocycles. The van der Waals surface area contributed by atoms with Gasteiger partial charge in [0.1, 0.15) is 11.5 Å². The summed E-state index contributed by atoms with van der Waals surface area (Å²) in [5, 5.41) is 22.8. The van der Waals surface area contributed by atoms with Crippen LogP contribution in [0, 0.1) is 5.82 Å². The zero-order chi connectivity index (χ0) is 30.0. The quantitative estimate of drug-likeness (QED) is 0.379. The summed E-state index contributed by atoms with van der Waals surface area (Å²) < 4.78 is 84.3. The maximum Gasteiger partial charge on any atom is 0.490 e. The van der Waals surface area contributed by atoms with E-state index in [0.29, 0.717) is 13.2 Å². The van der Waals surface area contributed by atoms with Gasteiger partial charge < -0.3 is 19.8 Å². The molecule has 2 heterocycles. The van der Waals surface area contributed by atoms with Crippen molar-refractivity contribution in [1.29, 1.82) is 0 Å². The minimum absolute atomic E-state index is 0.203. The highest BCUT2D eigenvalue weighted by molar-refractivity contribution is 5.73. The first-order valence-electron chi connectivity index (χ1n) is 11.1. The van der Waals surface area contributed by atoms with E-state index in [1.165, 1.54) is 17.8 Å². The van der Waals surface area contributed by atoms with Crippen molar-refractivity contribution in [2.75, 3.05) is 40.4 Å². The molecular formula is C22H28F7N5O5. The van der Waals surface area contributed by atoms with Crippen molar-refractivity contribution in [3.05, 3.63) is 47.0 Å². The number of benzene rings is 1. The third kappa shape index (κ3) is 12.4. The van der Waals surface area contributed by atoms with Gasteiger partial charge in [0, 0.05) is 39.1 Å². The Kier molecular flexibility index (Phi) is 12.7. The van der Waals surface area contributed by atoms with Gasteiger partial charge in [-0.2, -0.15) is 26.3 Å². The molecule has 0 aliphatic carbocycles. The van der Waals surface area contributed by atoms with Gasteiger partial charge in [-0.25, -0.2) is 14.0 Å². The number of carbonyl (C=O) groups is 2. The van der Waals surface area contributed by atoms with Gasteiger partial charge in [-0.1, -0.05) is 17.3 Å². The van der Waals surface area contributed by atoms with E-state index in [2.05, 4.69) is 20.1 Å². The maximum absolute atomic E-state index is 13.1. The number of aliphatic carboxylic acids is 2. The lowest BCUT2D eigenvalue weighted by molar-refractivity contribution is -0.193. The molecular weight excluding hydrogens is 547 g/mol. The zero-order valence-electron chi connectivity index (χ0n) is 21.1. The fourth-order valence-electron chi connectivity index (χ4n) is 3.27. The Labute approximate surface area is 218 Å². The van der Waals surface area contributed by atoms with Gasteiger partial charge >= 0.3 is 24.3 Å². The lowest BCUT2D eigenvalue weighted by atomic mass is 9.98. The highest BCUT2D eigenvalue weighted by atomic mass is 19.4. The van der Waals surface area contributed by atoms with Crippen LogP contribution >= 0.6 is 0 Å². The van der Waals surface area contributed by atoms with E-state index in [4.69, 9.17) is 24.5 Å². The number of nitrogens with zero attached hydrogens (tertiary/aromatic N) is 5. The first kappa shape index (κ1) is 33.7. The van der Waals surface area contributed by atoms with Gasteiger partial charge in [-0.15, -0.1) is 5.10 Å². The van der Waals surface area contributed by atoms with Gasteiger partial charge in [0.05, 0.1) is 18.9 Å². The highest BCUT2D eigenvalue weighted by Crippen LogP contribution is 2.28. The second-order valence-electron chi connectivity index (χ2n) is 8.52. The second-order valence-corrected chi connectivity index (χ2v) is 8.52. The first-order chi connectivity index (χ1) is 17.9. The average Bonchev–Trinajstić information content (AvgIpc) is 3.18. The third-order valence-electron chi connectivity index (χ3n) is 4.99. The zero-order valence-corrected chi connectivity index (χ0v) is 21.1. The molecule has 3 rings (SSSR count). The Morgan fingerprint density at radius 3 is 2.03 bits per heavy atom. The van der Waals surface area contributed by atoms with Crippen LogP contribution in [0.3, 0.4) is 0 Å². The number of halogens is 7. The highest BCUT2D eigenvalue weighted by Gasteiger charge is 2.39. The number of fused-ring (bicyclic) bond motifs is 1. The molecule has 0 spiro atoms. The molecule has 220 valence electrons. The van der Waals surface area contributed by atoms with Crippen LogP contribution in [0.15, 0.2) is 24.3 Å². The van der Waals surface area contributed by atoms with Crippen LogP contribution in [0.5, 0.6) is 0 Å². The second kappa shape index (κ2) is 14.7. The average molecular weight is 575 g/mol. The van der Waals surface area contributed by atoms with Crippen molar-refractivity contribution in [3.63, 3.8) is 0 Å². The molecule has 2 N–H and O–H groups in total. The minimum Gasteiger partial charge on any atom is -0.475 e. The van der Waals surface area contributed by atoms with E-state index in [1.807, 2.05) is 38.0 Å². The van der Waals surface area contributed by atoms with Crippen LogP contribution in [0.1, 0.15) is 22.9 Å². The van der Waals surface area contributed by atoms with E-state index < -0.39 is 24.3 Å². The molecule has 0 saturated heterocycles. The van der Waals surface area contributed by atoms with E-state index in [1.54, 1.807) is 0 Å². The Morgan fingerprint density at radius 1 is 1.05 bits per heavy atom. The summed E-state index contributed by atoms with van der Waals surface area (Å²) >= 11 is 0. The van der Waals surface area contributed by atoms with Crippen LogP contribution in [0.4, 0.5) is 30.7 Å². The molecule has 17 heteroatoms.